The SMILES string of the molecule is CC1(C)c2cccc(-c3ccc(-c4c5ccccc5c(-c5ccccc5-c5ccc6ccccc6c5)c5ccccc45)cc3)c2-c2c1c1ccccc1c1ccccc21. The number of fused-ring (bicyclic) bond motifs is 11. The predicted molar refractivity (Wildman–Crippen MR) is 253 cm³/mol. The van der Waals surface area contributed by atoms with Gasteiger partial charge in [0.2, 0.25) is 0 Å². The first kappa shape index (κ1) is 33.8. The van der Waals surface area contributed by atoms with E-state index in [0.717, 1.165) is 0 Å². The Balaban J connectivity index is 1.05. The summed E-state index contributed by atoms with van der Waals surface area (Å²) in [5, 5.41) is 12.9. The first-order valence-corrected chi connectivity index (χ1v) is 20.8. The Morgan fingerprint density at radius 1 is 0.271 bits per heavy atom. The molecule has 0 atom stereocenters. The maximum absolute atomic E-state index is 2.41. The average Bonchev–Trinajstić information content (AvgIpc) is 3.55. The Morgan fingerprint density at radius 3 is 1.39 bits per heavy atom. The molecule has 11 aromatic carbocycles. The zero-order chi connectivity index (χ0) is 39.2. The van der Waals surface area contributed by atoms with Crippen molar-refractivity contribution in [1.29, 1.82) is 0 Å². The second-order valence-electron chi connectivity index (χ2n) is 16.7. The summed E-state index contributed by atoms with van der Waals surface area (Å²) in [7, 11) is 0. The van der Waals surface area contributed by atoms with Gasteiger partial charge in [0.15, 0.2) is 0 Å². The molecule has 0 nitrogen and oxygen atoms in total. The lowest BCUT2D eigenvalue weighted by atomic mass is 9.79. The van der Waals surface area contributed by atoms with E-state index in [-0.39, 0.29) is 5.41 Å². The third-order valence-corrected chi connectivity index (χ3v) is 13.2. The van der Waals surface area contributed by atoms with Crippen LogP contribution in [0.15, 0.2) is 206 Å². The highest BCUT2D eigenvalue weighted by Gasteiger charge is 2.39. The van der Waals surface area contributed by atoms with Crippen LogP contribution in [-0.4, -0.2) is 0 Å². The fourth-order valence-corrected chi connectivity index (χ4v) is 10.6. The van der Waals surface area contributed by atoms with Gasteiger partial charge in [-0.15, -0.1) is 0 Å². The fraction of sp³-hybridized carbons (Fsp3) is 0.0508. The van der Waals surface area contributed by atoms with Crippen molar-refractivity contribution >= 4 is 53.9 Å². The quantitative estimate of drug-likeness (QED) is 0.124. The minimum Gasteiger partial charge on any atom is -0.0616 e. The molecule has 0 saturated carbocycles. The lowest BCUT2D eigenvalue weighted by Crippen LogP contribution is -2.15. The van der Waals surface area contributed by atoms with Crippen LogP contribution in [0.25, 0.3) is 109 Å². The van der Waals surface area contributed by atoms with Crippen LogP contribution in [0.2, 0.25) is 0 Å². The zero-order valence-electron chi connectivity index (χ0n) is 33.1. The van der Waals surface area contributed by atoms with Gasteiger partial charge >= 0.3 is 0 Å². The van der Waals surface area contributed by atoms with E-state index in [0.29, 0.717) is 0 Å². The van der Waals surface area contributed by atoms with Crippen LogP contribution in [0.4, 0.5) is 0 Å². The smallest absolute Gasteiger partial charge is 0.0165 e. The fourth-order valence-electron chi connectivity index (χ4n) is 10.6. The Labute approximate surface area is 344 Å². The van der Waals surface area contributed by atoms with E-state index in [9.17, 15) is 0 Å². The molecule has 11 aromatic rings. The summed E-state index contributed by atoms with van der Waals surface area (Å²) in [4.78, 5) is 0. The van der Waals surface area contributed by atoms with Crippen LogP contribution in [0.3, 0.4) is 0 Å². The number of hydrogen-bond acceptors (Lipinski definition) is 0. The highest BCUT2D eigenvalue weighted by Crippen LogP contribution is 2.57. The molecule has 0 amide bonds. The molecule has 1 aliphatic rings. The lowest BCUT2D eigenvalue weighted by Gasteiger charge is -2.24. The monoisotopic (exact) mass is 748 g/mol. The highest BCUT2D eigenvalue weighted by atomic mass is 14.4. The van der Waals surface area contributed by atoms with E-state index in [4.69, 9.17) is 0 Å². The van der Waals surface area contributed by atoms with Gasteiger partial charge in [0.25, 0.3) is 0 Å². The molecule has 0 N–H and O–H groups in total. The Hall–Kier alpha value is -7.28. The van der Waals surface area contributed by atoms with Crippen molar-refractivity contribution < 1.29 is 0 Å². The summed E-state index contributed by atoms with van der Waals surface area (Å²) < 4.78 is 0. The largest absolute Gasteiger partial charge is 0.0616 e. The number of rotatable bonds is 4. The molecule has 0 bridgehead atoms. The molecule has 1 aliphatic carbocycles. The summed E-state index contributed by atoms with van der Waals surface area (Å²) >= 11 is 0. The standard InChI is InChI=1S/C59H40/c1-59(2)53-29-15-28-43(56(53)57-47-22-9-6-19-44(47)45-20-7-14-27-52(45)58(57)59)38-31-33-39(34-32-38)54-48-23-10-12-25-50(48)55(51-26-13-11-24-49(51)54)46-21-8-5-18-42(46)41-35-30-37-16-3-4-17-40(37)36-41/h3-36H,1-2H3. The first-order chi connectivity index (χ1) is 29.1. The van der Waals surface area contributed by atoms with Crippen LogP contribution in [0.5, 0.6) is 0 Å². The molecule has 0 heteroatoms. The van der Waals surface area contributed by atoms with Gasteiger partial charge in [0.1, 0.15) is 0 Å². The predicted octanol–water partition coefficient (Wildman–Crippen LogP) is 16.4. The molecule has 0 aliphatic heterocycles. The molecular weight excluding hydrogens is 709 g/mol. The molecule has 0 fully saturated rings. The minimum absolute atomic E-state index is 0.142. The third-order valence-electron chi connectivity index (χ3n) is 13.2. The van der Waals surface area contributed by atoms with Gasteiger partial charge in [0.05, 0.1) is 0 Å². The lowest BCUT2D eigenvalue weighted by molar-refractivity contribution is 0.666. The van der Waals surface area contributed by atoms with Gasteiger partial charge in [-0.1, -0.05) is 214 Å². The molecule has 0 unspecified atom stereocenters. The normalized spacial score (nSPS) is 13.1. The van der Waals surface area contributed by atoms with Crippen molar-refractivity contribution in [3.8, 4) is 55.6 Å². The summed E-state index contributed by atoms with van der Waals surface area (Å²) in [5.41, 5.74) is 15.5. The second kappa shape index (κ2) is 12.9. The van der Waals surface area contributed by atoms with E-state index in [1.54, 1.807) is 0 Å². The molecule has 12 rings (SSSR count). The summed E-state index contributed by atoms with van der Waals surface area (Å²) in [6.07, 6.45) is 0. The highest BCUT2D eigenvalue weighted by molar-refractivity contribution is 6.23. The Bertz CT molecular complexity index is 3450. The Kier molecular flexibility index (Phi) is 7.38. The molecular formula is C59H40. The second-order valence-corrected chi connectivity index (χ2v) is 16.7. The summed E-state index contributed by atoms with van der Waals surface area (Å²) in [5.74, 6) is 0. The van der Waals surface area contributed by atoms with Gasteiger partial charge in [-0.3, -0.25) is 0 Å². The van der Waals surface area contributed by atoms with Gasteiger partial charge in [-0.25, -0.2) is 0 Å². The van der Waals surface area contributed by atoms with Crippen molar-refractivity contribution in [2.75, 3.05) is 0 Å². The topological polar surface area (TPSA) is 0 Å². The van der Waals surface area contributed by atoms with Crippen molar-refractivity contribution in [2.24, 2.45) is 0 Å². The molecule has 59 heavy (non-hydrogen) atoms. The molecule has 276 valence electrons. The Morgan fingerprint density at radius 2 is 0.729 bits per heavy atom. The van der Waals surface area contributed by atoms with Gasteiger partial charge in [0, 0.05) is 5.41 Å². The minimum atomic E-state index is -0.142. The molecule has 0 spiro atoms. The summed E-state index contributed by atoms with van der Waals surface area (Å²) in [6.45, 7) is 4.82. The molecule has 0 saturated heterocycles. The van der Waals surface area contributed by atoms with E-state index < -0.39 is 0 Å². The van der Waals surface area contributed by atoms with Crippen LogP contribution in [0.1, 0.15) is 25.0 Å². The van der Waals surface area contributed by atoms with E-state index in [1.165, 1.54) is 121 Å². The van der Waals surface area contributed by atoms with Crippen LogP contribution < -0.4 is 0 Å². The molecule has 0 aromatic heterocycles. The van der Waals surface area contributed by atoms with Crippen molar-refractivity contribution in [2.45, 2.75) is 19.3 Å². The van der Waals surface area contributed by atoms with Crippen molar-refractivity contribution in [1.82, 2.24) is 0 Å². The van der Waals surface area contributed by atoms with Gasteiger partial charge in [-0.05, 0) is 127 Å². The molecule has 0 heterocycles. The summed E-state index contributed by atoms with van der Waals surface area (Å²) in [6, 6.07) is 76.8. The third kappa shape index (κ3) is 4.96. The first-order valence-electron chi connectivity index (χ1n) is 20.8. The van der Waals surface area contributed by atoms with Crippen molar-refractivity contribution in [3.05, 3.63) is 217 Å². The average molecular weight is 749 g/mol. The maximum Gasteiger partial charge on any atom is 0.0165 e. The van der Waals surface area contributed by atoms with E-state index in [2.05, 4.69) is 220 Å². The maximum atomic E-state index is 2.41. The van der Waals surface area contributed by atoms with Gasteiger partial charge in [-0.2, -0.15) is 0 Å². The van der Waals surface area contributed by atoms with E-state index in [1.807, 2.05) is 0 Å². The van der Waals surface area contributed by atoms with Crippen molar-refractivity contribution in [3.63, 3.8) is 0 Å². The van der Waals surface area contributed by atoms with Gasteiger partial charge < -0.3 is 0 Å². The zero-order valence-corrected chi connectivity index (χ0v) is 33.1. The number of hydrogen-bond donors (Lipinski definition) is 0. The van der Waals surface area contributed by atoms with E-state index >= 15 is 0 Å². The van der Waals surface area contributed by atoms with Crippen LogP contribution in [-0.2, 0) is 5.41 Å². The number of benzene rings is 11. The molecule has 0 radical (unpaired) electrons. The van der Waals surface area contributed by atoms with Crippen LogP contribution in [0, 0.1) is 0 Å². The van der Waals surface area contributed by atoms with Crippen LogP contribution >= 0.6 is 0 Å².